The number of hydrogen-bond donors (Lipinski definition) is 2. The van der Waals surface area contributed by atoms with Crippen LogP contribution in [0.15, 0.2) is 30.3 Å². The Morgan fingerprint density at radius 1 is 1.35 bits per heavy atom. The summed E-state index contributed by atoms with van der Waals surface area (Å²) in [7, 11) is 0. The lowest BCUT2D eigenvalue weighted by Crippen LogP contribution is -2.39. The molecule has 1 fully saturated rings. The fraction of sp³-hybridized carbons (Fsp3) is 0.471. The summed E-state index contributed by atoms with van der Waals surface area (Å²) >= 11 is 0. The Morgan fingerprint density at radius 3 is 2.74 bits per heavy atom. The summed E-state index contributed by atoms with van der Waals surface area (Å²) in [6.45, 7) is 2.30. The van der Waals surface area contributed by atoms with Crippen molar-refractivity contribution >= 4 is 12.0 Å². The SMILES string of the molecule is CCOc1ccc(/C=C/C(=O)OC2CC(O)CC(CO)O2)cc1. The highest BCUT2D eigenvalue weighted by Gasteiger charge is 2.29. The molecule has 1 saturated heterocycles. The topological polar surface area (TPSA) is 85.2 Å². The number of rotatable bonds is 6. The molecule has 1 aliphatic heterocycles. The van der Waals surface area contributed by atoms with E-state index in [-0.39, 0.29) is 13.0 Å². The largest absolute Gasteiger partial charge is 0.494 e. The second-order valence-corrected chi connectivity index (χ2v) is 5.27. The van der Waals surface area contributed by atoms with Gasteiger partial charge in [-0.15, -0.1) is 0 Å². The van der Waals surface area contributed by atoms with Crippen molar-refractivity contribution in [3.63, 3.8) is 0 Å². The van der Waals surface area contributed by atoms with Gasteiger partial charge in [-0.2, -0.15) is 0 Å². The maximum absolute atomic E-state index is 11.8. The van der Waals surface area contributed by atoms with E-state index >= 15 is 0 Å². The van der Waals surface area contributed by atoms with Gasteiger partial charge in [-0.3, -0.25) is 0 Å². The third-order valence-electron chi connectivity index (χ3n) is 3.40. The summed E-state index contributed by atoms with van der Waals surface area (Å²) in [5, 5.41) is 18.7. The molecule has 23 heavy (non-hydrogen) atoms. The van der Waals surface area contributed by atoms with Gasteiger partial charge in [0.15, 0.2) is 0 Å². The molecule has 2 rings (SSSR count). The van der Waals surface area contributed by atoms with Crippen molar-refractivity contribution in [1.29, 1.82) is 0 Å². The first-order chi connectivity index (χ1) is 11.1. The van der Waals surface area contributed by atoms with E-state index in [0.717, 1.165) is 11.3 Å². The molecule has 126 valence electrons. The Kier molecular flexibility index (Phi) is 6.58. The molecule has 0 radical (unpaired) electrons. The van der Waals surface area contributed by atoms with Crippen molar-refractivity contribution in [2.24, 2.45) is 0 Å². The molecule has 3 atom stereocenters. The van der Waals surface area contributed by atoms with Gasteiger partial charge in [-0.1, -0.05) is 12.1 Å². The summed E-state index contributed by atoms with van der Waals surface area (Å²) in [5.74, 6) is 0.210. The summed E-state index contributed by atoms with van der Waals surface area (Å²) < 4.78 is 15.8. The summed E-state index contributed by atoms with van der Waals surface area (Å²) in [5.41, 5.74) is 0.836. The minimum atomic E-state index is -0.839. The van der Waals surface area contributed by atoms with Crippen molar-refractivity contribution in [3.05, 3.63) is 35.9 Å². The minimum absolute atomic E-state index is 0.207. The molecule has 1 aliphatic rings. The maximum atomic E-state index is 11.8. The van der Waals surface area contributed by atoms with Crippen LogP contribution in [0.25, 0.3) is 6.08 Å². The van der Waals surface area contributed by atoms with Gasteiger partial charge in [-0.25, -0.2) is 4.79 Å². The number of benzene rings is 1. The highest BCUT2D eigenvalue weighted by atomic mass is 16.7. The van der Waals surface area contributed by atoms with Crippen LogP contribution in [0.5, 0.6) is 5.75 Å². The average molecular weight is 322 g/mol. The van der Waals surface area contributed by atoms with Crippen molar-refractivity contribution in [2.75, 3.05) is 13.2 Å². The normalized spacial score (nSPS) is 24.6. The lowest BCUT2D eigenvalue weighted by atomic mass is 10.1. The number of carbonyl (C=O) groups excluding carboxylic acids is 1. The van der Waals surface area contributed by atoms with Crippen LogP contribution in [0.3, 0.4) is 0 Å². The second-order valence-electron chi connectivity index (χ2n) is 5.27. The van der Waals surface area contributed by atoms with Crippen molar-refractivity contribution in [1.82, 2.24) is 0 Å². The quantitative estimate of drug-likeness (QED) is 0.610. The first kappa shape index (κ1) is 17.5. The van der Waals surface area contributed by atoms with Gasteiger partial charge in [0.2, 0.25) is 6.29 Å². The summed E-state index contributed by atoms with van der Waals surface area (Å²) in [4.78, 5) is 11.8. The Hall–Kier alpha value is -1.89. The maximum Gasteiger partial charge on any atom is 0.333 e. The molecule has 1 aromatic carbocycles. The Morgan fingerprint density at radius 2 is 2.09 bits per heavy atom. The van der Waals surface area contributed by atoms with Crippen LogP contribution in [-0.2, 0) is 14.3 Å². The predicted molar refractivity (Wildman–Crippen MR) is 83.7 cm³/mol. The zero-order valence-electron chi connectivity index (χ0n) is 13.1. The van der Waals surface area contributed by atoms with Crippen molar-refractivity contribution < 1.29 is 29.2 Å². The van der Waals surface area contributed by atoms with Gasteiger partial charge in [0.25, 0.3) is 0 Å². The van der Waals surface area contributed by atoms with Gasteiger partial charge < -0.3 is 24.4 Å². The van der Waals surface area contributed by atoms with E-state index in [1.165, 1.54) is 6.08 Å². The second kappa shape index (κ2) is 8.67. The Balaban J connectivity index is 1.86. The lowest BCUT2D eigenvalue weighted by molar-refractivity contribution is -0.217. The smallest absolute Gasteiger partial charge is 0.333 e. The first-order valence-corrected chi connectivity index (χ1v) is 7.66. The fourth-order valence-electron chi connectivity index (χ4n) is 2.32. The van der Waals surface area contributed by atoms with E-state index in [4.69, 9.17) is 19.3 Å². The molecule has 1 heterocycles. The molecule has 3 unspecified atom stereocenters. The number of esters is 1. The van der Waals surface area contributed by atoms with Gasteiger partial charge in [0.05, 0.1) is 25.4 Å². The van der Waals surface area contributed by atoms with Crippen LogP contribution in [0.4, 0.5) is 0 Å². The fourth-order valence-corrected chi connectivity index (χ4v) is 2.32. The molecule has 0 amide bonds. The predicted octanol–water partition coefficient (Wildman–Crippen LogP) is 1.50. The van der Waals surface area contributed by atoms with E-state index in [1.54, 1.807) is 6.08 Å². The van der Waals surface area contributed by atoms with Crippen LogP contribution in [0.1, 0.15) is 25.3 Å². The zero-order valence-corrected chi connectivity index (χ0v) is 13.1. The average Bonchev–Trinajstić information content (AvgIpc) is 2.54. The van der Waals surface area contributed by atoms with Crippen LogP contribution in [0, 0.1) is 0 Å². The highest BCUT2D eigenvalue weighted by molar-refractivity contribution is 5.87. The van der Waals surface area contributed by atoms with E-state index in [0.29, 0.717) is 13.0 Å². The van der Waals surface area contributed by atoms with Gasteiger partial charge >= 0.3 is 5.97 Å². The molecule has 0 spiro atoms. The number of aliphatic hydroxyl groups excluding tert-OH is 2. The van der Waals surface area contributed by atoms with E-state index in [2.05, 4.69) is 0 Å². The molecular formula is C17H22O6. The summed E-state index contributed by atoms with van der Waals surface area (Å²) in [6.07, 6.45) is 1.48. The third-order valence-corrected chi connectivity index (χ3v) is 3.40. The minimum Gasteiger partial charge on any atom is -0.494 e. The number of ether oxygens (including phenoxy) is 3. The van der Waals surface area contributed by atoms with Crippen molar-refractivity contribution in [3.8, 4) is 5.75 Å². The molecular weight excluding hydrogens is 300 g/mol. The van der Waals surface area contributed by atoms with Gasteiger partial charge in [0, 0.05) is 18.9 Å². The molecule has 0 aliphatic carbocycles. The van der Waals surface area contributed by atoms with E-state index in [1.807, 2.05) is 31.2 Å². The molecule has 6 nitrogen and oxygen atoms in total. The number of hydrogen-bond acceptors (Lipinski definition) is 6. The Bertz CT molecular complexity index is 524. The molecule has 6 heteroatoms. The van der Waals surface area contributed by atoms with E-state index < -0.39 is 24.5 Å². The monoisotopic (exact) mass is 322 g/mol. The lowest BCUT2D eigenvalue weighted by Gasteiger charge is -2.31. The molecule has 1 aromatic rings. The first-order valence-electron chi connectivity index (χ1n) is 7.66. The van der Waals surface area contributed by atoms with Gasteiger partial charge in [0.1, 0.15) is 5.75 Å². The summed E-state index contributed by atoms with van der Waals surface area (Å²) in [6, 6.07) is 7.30. The molecule has 2 N–H and O–H groups in total. The van der Waals surface area contributed by atoms with Gasteiger partial charge in [-0.05, 0) is 30.7 Å². The number of aliphatic hydroxyl groups is 2. The van der Waals surface area contributed by atoms with Crippen LogP contribution in [-0.4, -0.2) is 47.9 Å². The molecule has 0 bridgehead atoms. The highest BCUT2D eigenvalue weighted by Crippen LogP contribution is 2.20. The zero-order chi connectivity index (χ0) is 16.7. The van der Waals surface area contributed by atoms with Crippen molar-refractivity contribution in [2.45, 2.75) is 38.3 Å². The standard InChI is InChI=1S/C17H22O6/c1-2-21-14-6-3-12(4-7-14)5-8-16(20)23-17-10-13(19)9-15(11-18)22-17/h3-8,13,15,17-19H,2,9-11H2,1H3/b8-5+. The van der Waals surface area contributed by atoms with Crippen LogP contribution in [0.2, 0.25) is 0 Å². The molecule has 0 saturated carbocycles. The van der Waals surface area contributed by atoms with E-state index in [9.17, 15) is 9.90 Å². The third kappa shape index (κ3) is 5.67. The van der Waals surface area contributed by atoms with Crippen LogP contribution < -0.4 is 4.74 Å². The van der Waals surface area contributed by atoms with Crippen LogP contribution >= 0.6 is 0 Å². The Labute approximate surface area is 135 Å². The number of carbonyl (C=O) groups is 1. The molecule has 0 aromatic heterocycles.